The van der Waals surface area contributed by atoms with Gasteiger partial charge in [-0.1, -0.05) is 26.0 Å². The largest absolute Gasteiger partial charge is 0.399 e. The molecule has 1 aromatic carbocycles. The Bertz CT molecular complexity index is 327. The second-order valence-corrected chi connectivity index (χ2v) is 6.05. The van der Waals surface area contributed by atoms with Crippen molar-refractivity contribution < 1.29 is 0 Å². The van der Waals surface area contributed by atoms with Crippen LogP contribution in [0.2, 0.25) is 0 Å². The van der Waals surface area contributed by atoms with Crippen molar-refractivity contribution in [3.8, 4) is 0 Å². The molecule has 88 valence electrons. The molecular formula is C15H23N. The summed E-state index contributed by atoms with van der Waals surface area (Å²) in [6, 6.07) is 8.38. The SMILES string of the molecule is CC1(C)CCC(Cc2ccc(N)cc2)CC1. The van der Waals surface area contributed by atoms with Crippen LogP contribution in [0.25, 0.3) is 0 Å². The fourth-order valence-corrected chi connectivity index (χ4v) is 2.65. The average Bonchev–Trinajstić information content (AvgIpc) is 2.24. The van der Waals surface area contributed by atoms with Gasteiger partial charge in [0.05, 0.1) is 0 Å². The molecule has 1 aliphatic rings. The van der Waals surface area contributed by atoms with Crippen molar-refractivity contribution in [2.24, 2.45) is 11.3 Å². The molecule has 1 aliphatic carbocycles. The Hall–Kier alpha value is -0.980. The fraction of sp³-hybridized carbons (Fsp3) is 0.600. The normalized spacial score (nSPS) is 20.9. The van der Waals surface area contributed by atoms with E-state index in [2.05, 4.69) is 26.0 Å². The van der Waals surface area contributed by atoms with Crippen molar-refractivity contribution in [2.75, 3.05) is 5.73 Å². The van der Waals surface area contributed by atoms with E-state index >= 15 is 0 Å². The number of hydrogen-bond acceptors (Lipinski definition) is 1. The Morgan fingerprint density at radius 3 is 2.25 bits per heavy atom. The van der Waals surface area contributed by atoms with Crippen molar-refractivity contribution in [1.82, 2.24) is 0 Å². The fourth-order valence-electron chi connectivity index (χ4n) is 2.65. The number of hydrogen-bond donors (Lipinski definition) is 1. The van der Waals surface area contributed by atoms with Gasteiger partial charge in [-0.15, -0.1) is 0 Å². The minimum atomic E-state index is 0.581. The molecule has 0 saturated heterocycles. The summed E-state index contributed by atoms with van der Waals surface area (Å²) in [4.78, 5) is 0. The van der Waals surface area contributed by atoms with Gasteiger partial charge in [0, 0.05) is 5.69 Å². The monoisotopic (exact) mass is 217 g/mol. The van der Waals surface area contributed by atoms with Crippen LogP contribution in [0.1, 0.15) is 45.1 Å². The van der Waals surface area contributed by atoms with Crippen LogP contribution in [0.5, 0.6) is 0 Å². The number of anilines is 1. The van der Waals surface area contributed by atoms with Gasteiger partial charge in [-0.3, -0.25) is 0 Å². The van der Waals surface area contributed by atoms with Gasteiger partial charge in [0.1, 0.15) is 0 Å². The summed E-state index contributed by atoms with van der Waals surface area (Å²) in [5.41, 5.74) is 8.59. The Kier molecular flexibility index (Phi) is 3.22. The summed E-state index contributed by atoms with van der Waals surface area (Å²) in [5, 5.41) is 0. The summed E-state index contributed by atoms with van der Waals surface area (Å²) >= 11 is 0. The summed E-state index contributed by atoms with van der Waals surface area (Å²) < 4.78 is 0. The third kappa shape index (κ3) is 3.01. The van der Waals surface area contributed by atoms with Gasteiger partial charge in [-0.05, 0) is 61.1 Å². The lowest BCUT2D eigenvalue weighted by Crippen LogP contribution is -2.22. The van der Waals surface area contributed by atoms with Gasteiger partial charge in [0.15, 0.2) is 0 Å². The number of rotatable bonds is 2. The minimum Gasteiger partial charge on any atom is -0.399 e. The highest BCUT2D eigenvalue weighted by Crippen LogP contribution is 2.39. The van der Waals surface area contributed by atoms with E-state index in [1.807, 2.05) is 12.1 Å². The zero-order valence-electron chi connectivity index (χ0n) is 10.5. The molecule has 2 rings (SSSR count). The lowest BCUT2D eigenvalue weighted by atomic mass is 9.72. The average molecular weight is 217 g/mol. The van der Waals surface area contributed by atoms with Crippen LogP contribution >= 0.6 is 0 Å². The summed E-state index contributed by atoms with van der Waals surface area (Å²) in [5.74, 6) is 0.886. The van der Waals surface area contributed by atoms with E-state index in [1.165, 1.54) is 37.7 Å². The molecule has 0 aromatic heterocycles. The first kappa shape index (κ1) is 11.5. The molecule has 16 heavy (non-hydrogen) atoms. The molecule has 2 N–H and O–H groups in total. The zero-order chi connectivity index (χ0) is 11.6. The second-order valence-electron chi connectivity index (χ2n) is 6.05. The third-order valence-corrected chi connectivity index (χ3v) is 3.96. The van der Waals surface area contributed by atoms with E-state index in [9.17, 15) is 0 Å². The van der Waals surface area contributed by atoms with Gasteiger partial charge < -0.3 is 5.73 Å². The molecule has 0 radical (unpaired) electrons. The Balaban J connectivity index is 1.89. The van der Waals surface area contributed by atoms with Crippen LogP contribution < -0.4 is 5.73 Å². The zero-order valence-corrected chi connectivity index (χ0v) is 10.5. The molecule has 1 heteroatoms. The first-order valence-electron chi connectivity index (χ1n) is 6.40. The Morgan fingerprint density at radius 2 is 1.69 bits per heavy atom. The quantitative estimate of drug-likeness (QED) is 0.744. The van der Waals surface area contributed by atoms with E-state index < -0.39 is 0 Å². The highest BCUT2D eigenvalue weighted by molar-refractivity contribution is 5.39. The first-order valence-corrected chi connectivity index (χ1v) is 6.40. The van der Waals surface area contributed by atoms with Gasteiger partial charge in [0.2, 0.25) is 0 Å². The van der Waals surface area contributed by atoms with Gasteiger partial charge in [-0.25, -0.2) is 0 Å². The van der Waals surface area contributed by atoms with Crippen molar-refractivity contribution in [2.45, 2.75) is 46.0 Å². The first-order chi connectivity index (χ1) is 7.55. The smallest absolute Gasteiger partial charge is 0.0314 e. The van der Waals surface area contributed by atoms with Crippen LogP contribution in [0.3, 0.4) is 0 Å². The van der Waals surface area contributed by atoms with Crippen molar-refractivity contribution in [3.63, 3.8) is 0 Å². The highest BCUT2D eigenvalue weighted by atomic mass is 14.5. The Labute approximate surface area is 99.0 Å². The van der Waals surface area contributed by atoms with Crippen LogP contribution in [0.4, 0.5) is 5.69 Å². The molecule has 0 aliphatic heterocycles. The van der Waals surface area contributed by atoms with Crippen molar-refractivity contribution in [3.05, 3.63) is 29.8 Å². The van der Waals surface area contributed by atoms with Crippen LogP contribution in [0, 0.1) is 11.3 Å². The van der Waals surface area contributed by atoms with Crippen LogP contribution in [-0.4, -0.2) is 0 Å². The maximum atomic E-state index is 5.70. The summed E-state index contributed by atoms with van der Waals surface area (Å²) in [6.07, 6.45) is 6.77. The molecule has 1 nitrogen and oxygen atoms in total. The Morgan fingerprint density at radius 1 is 1.12 bits per heavy atom. The molecule has 0 atom stereocenters. The molecule has 0 bridgehead atoms. The second kappa shape index (κ2) is 4.48. The molecule has 1 aromatic rings. The predicted molar refractivity (Wildman–Crippen MR) is 70.3 cm³/mol. The lowest BCUT2D eigenvalue weighted by molar-refractivity contribution is 0.191. The van der Waals surface area contributed by atoms with Crippen LogP contribution in [-0.2, 0) is 6.42 Å². The van der Waals surface area contributed by atoms with E-state index in [1.54, 1.807) is 0 Å². The van der Waals surface area contributed by atoms with E-state index in [0.29, 0.717) is 5.41 Å². The summed E-state index contributed by atoms with van der Waals surface area (Å²) in [7, 11) is 0. The highest BCUT2D eigenvalue weighted by Gasteiger charge is 2.26. The van der Waals surface area contributed by atoms with Gasteiger partial charge >= 0.3 is 0 Å². The summed E-state index contributed by atoms with van der Waals surface area (Å²) in [6.45, 7) is 4.79. The maximum absolute atomic E-state index is 5.70. The third-order valence-electron chi connectivity index (χ3n) is 3.96. The molecular weight excluding hydrogens is 194 g/mol. The van der Waals surface area contributed by atoms with Gasteiger partial charge in [-0.2, -0.15) is 0 Å². The van der Waals surface area contributed by atoms with E-state index in [-0.39, 0.29) is 0 Å². The lowest BCUT2D eigenvalue weighted by Gasteiger charge is -2.34. The van der Waals surface area contributed by atoms with Crippen molar-refractivity contribution in [1.29, 1.82) is 0 Å². The molecule has 0 unspecified atom stereocenters. The molecule has 0 heterocycles. The molecule has 1 fully saturated rings. The van der Waals surface area contributed by atoms with Crippen LogP contribution in [0.15, 0.2) is 24.3 Å². The molecule has 0 spiro atoms. The standard InChI is InChI=1S/C15H23N/c1-15(2)9-7-13(8-10-15)11-12-3-5-14(16)6-4-12/h3-6,13H,7-11,16H2,1-2H3. The maximum Gasteiger partial charge on any atom is 0.0314 e. The number of nitrogens with two attached hydrogens (primary N) is 1. The number of benzene rings is 1. The minimum absolute atomic E-state index is 0.581. The number of nitrogen functional groups attached to an aromatic ring is 1. The topological polar surface area (TPSA) is 26.0 Å². The van der Waals surface area contributed by atoms with E-state index in [0.717, 1.165) is 11.6 Å². The van der Waals surface area contributed by atoms with E-state index in [4.69, 9.17) is 5.73 Å². The van der Waals surface area contributed by atoms with Crippen molar-refractivity contribution >= 4 is 5.69 Å². The molecule has 1 saturated carbocycles. The van der Waals surface area contributed by atoms with Gasteiger partial charge in [0.25, 0.3) is 0 Å². The molecule has 0 amide bonds. The predicted octanol–water partition coefficient (Wildman–Crippen LogP) is 4.03.